The van der Waals surface area contributed by atoms with E-state index in [0.29, 0.717) is 29.4 Å². The number of rotatable bonds is 5. The lowest BCUT2D eigenvalue weighted by Crippen LogP contribution is -2.34. The molecule has 2 aromatic rings. The third kappa shape index (κ3) is 2.45. The van der Waals surface area contributed by atoms with Gasteiger partial charge in [0.05, 0.1) is 5.41 Å². The number of aromatic nitrogens is 2. The van der Waals surface area contributed by atoms with E-state index in [9.17, 15) is 4.39 Å². The van der Waals surface area contributed by atoms with Crippen LogP contribution in [0.15, 0.2) is 22.7 Å². The summed E-state index contributed by atoms with van der Waals surface area (Å²) in [6, 6.07) is 4.91. The Hall–Kier alpha value is -1.75. The fourth-order valence-electron chi connectivity index (χ4n) is 2.22. The molecular weight excluding hydrogens is 257 g/mol. The minimum atomic E-state index is -0.297. The molecule has 0 fully saturated rings. The summed E-state index contributed by atoms with van der Waals surface area (Å²) < 4.78 is 19.0. The summed E-state index contributed by atoms with van der Waals surface area (Å²) in [5.74, 6) is 0.657. The van der Waals surface area contributed by atoms with Gasteiger partial charge < -0.3 is 10.3 Å². The van der Waals surface area contributed by atoms with Crippen molar-refractivity contribution in [1.29, 1.82) is 0 Å². The smallest absolute Gasteiger partial charge is 0.234 e. The molecule has 0 radical (unpaired) electrons. The van der Waals surface area contributed by atoms with Gasteiger partial charge >= 0.3 is 0 Å². The number of aryl methyl sites for hydroxylation is 1. The lowest BCUT2D eigenvalue weighted by atomic mass is 9.82. The molecule has 0 spiro atoms. The first-order chi connectivity index (χ1) is 9.56. The highest BCUT2D eigenvalue weighted by Gasteiger charge is 2.33. The van der Waals surface area contributed by atoms with Crippen LogP contribution in [0.1, 0.15) is 38.1 Å². The number of nitrogens with zero attached hydrogens (tertiary/aromatic N) is 2. The average molecular weight is 277 g/mol. The molecule has 0 atom stereocenters. The summed E-state index contributed by atoms with van der Waals surface area (Å²) in [6.07, 6.45) is 1.65. The van der Waals surface area contributed by atoms with Crippen LogP contribution in [0, 0.1) is 12.7 Å². The molecule has 0 aliphatic rings. The van der Waals surface area contributed by atoms with E-state index in [-0.39, 0.29) is 11.2 Å². The zero-order chi connectivity index (χ0) is 14.8. The summed E-state index contributed by atoms with van der Waals surface area (Å²) in [5.41, 5.74) is 6.77. The van der Waals surface area contributed by atoms with Gasteiger partial charge in [-0.05, 0) is 31.4 Å². The SMILES string of the molecule is CCC(CC)(CN)c1nc(-c2ccc(C)c(F)c2)no1. The molecule has 0 saturated heterocycles. The van der Waals surface area contributed by atoms with Gasteiger partial charge in [0.25, 0.3) is 0 Å². The molecule has 1 heterocycles. The summed E-state index contributed by atoms with van der Waals surface area (Å²) in [7, 11) is 0. The van der Waals surface area contributed by atoms with Gasteiger partial charge in [-0.25, -0.2) is 4.39 Å². The Morgan fingerprint density at radius 2 is 2.00 bits per heavy atom. The molecular formula is C15H20FN3O. The topological polar surface area (TPSA) is 64.9 Å². The van der Waals surface area contributed by atoms with E-state index >= 15 is 0 Å². The monoisotopic (exact) mass is 277 g/mol. The second-order valence-corrected chi connectivity index (χ2v) is 5.08. The van der Waals surface area contributed by atoms with Crippen LogP contribution in [0.25, 0.3) is 11.4 Å². The van der Waals surface area contributed by atoms with Crippen LogP contribution in [0.4, 0.5) is 4.39 Å². The molecule has 0 bridgehead atoms. The fraction of sp³-hybridized carbons (Fsp3) is 0.467. The minimum Gasteiger partial charge on any atom is -0.338 e. The Morgan fingerprint density at radius 1 is 1.30 bits per heavy atom. The van der Waals surface area contributed by atoms with Crippen molar-refractivity contribution in [3.63, 3.8) is 0 Å². The van der Waals surface area contributed by atoms with Crippen molar-refractivity contribution in [2.45, 2.75) is 39.0 Å². The van der Waals surface area contributed by atoms with Crippen molar-refractivity contribution in [3.8, 4) is 11.4 Å². The maximum Gasteiger partial charge on any atom is 0.234 e. The quantitative estimate of drug-likeness (QED) is 0.911. The lowest BCUT2D eigenvalue weighted by Gasteiger charge is -2.24. The summed E-state index contributed by atoms with van der Waals surface area (Å²) >= 11 is 0. The maximum atomic E-state index is 13.6. The highest BCUT2D eigenvalue weighted by atomic mass is 19.1. The number of nitrogens with two attached hydrogens (primary N) is 1. The standard InChI is InChI=1S/C15H20FN3O/c1-4-15(5-2,9-17)14-18-13(19-20-14)11-7-6-10(3)12(16)8-11/h6-8H,4-5,9,17H2,1-3H3. The Balaban J connectivity index is 2.39. The molecule has 0 amide bonds. The van der Waals surface area contributed by atoms with E-state index in [4.69, 9.17) is 10.3 Å². The predicted molar refractivity (Wildman–Crippen MR) is 75.7 cm³/mol. The normalized spacial score (nSPS) is 11.8. The third-order valence-corrected chi connectivity index (χ3v) is 4.05. The molecule has 2 N–H and O–H groups in total. The Kier molecular flexibility index (Phi) is 4.18. The van der Waals surface area contributed by atoms with E-state index in [1.165, 1.54) is 6.07 Å². The molecule has 1 aromatic carbocycles. The second-order valence-electron chi connectivity index (χ2n) is 5.08. The van der Waals surface area contributed by atoms with Gasteiger partial charge in [-0.1, -0.05) is 31.1 Å². The Labute approximate surface area is 118 Å². The summed E-state index contributed by atoms with van der Waals surface area (Å²) in [5, 5.41) is 3.96. The molecule has 2 rings (SSSR count). The van der Waals surface area contributed by atoms with Crippen LogP contribution < -0.4 is 5.73 Å². The van der Waals surface area contributed by atoms with Crippen LogP contribution in [0.5, 0.6) is 0 Å². The molecule has 0 aliphatic heterocycles. The molecule has 108 valence electrons. The van der Waals surface area contributed by atoms with E-state index in [1.807, 2.05) is 13.8 Å². The number of hydrogen-bond acceptors (Lipinski definition) is 4. The van der Waals surface area contributed by atoms with E-state index in [2.05, 4.69) is 10.1 Å². The van der Waals surface area contributed by atoms with Crippen LogP contribution in [0.3, 0.4) is 0 Å². The molecule has 0 saturated carbocycles. The minimum absolute atomic E-state index is 0.273. The highest BCUT2D eigenvalue weighted by molar-refractivity contribution is 5.55. The fourth-order valence-corrected chi connectivity index (χ4v) is 2.22. The van der Waals surface area contributed by atoms with Crippen molar-refractivity contribution >= 4 is 0 Å². The maximum absolute atomic E-state index is 13.6. The third-order valence-electron chi connectivity index (χ3n) is 4.05. The molecule has 4 nitrogen and oxygen atoms in total. The summed E-state index contributed by atoms with van der Waals surface area (Å²) in [4.78, 5) is 4.41. The van der Waals surface area contributed by atoms with Crippen LogP contribution in [-0.2, 0) is 5.41 Å². The van der Waals surface area contributed by atoms with Gasteiger partial charge in [0.15, 0.2) is 0 Å². The van der Waals surface area contributed by atoms with E-state index < -0.39 is 0 Å². The lowest BCUT2D eigenvalue weighted by molar-refractivity contribution is 0.267. The first-order valence-electron chi connectivity index (χ1n) is 6.87. The predicted octanol–water partition coefficient (Wildman–Crippen LogP) is 3.20. The number of benzene rings is 1. The van der Waals surface area contributed by atoms with Crippen molar-refractivity contribution in [1.82, 2.24) is 10.1 Å². The Bertz CT molecular complexity index is 582. The second kappa shape index (κ2) is 5.71. The summed E-state index contributed by atoms with van der Waals surface area (Å²) in [6.45, 7) is 6.26. The van der Waals surface area contributed by atoms with Crippen molar-refractivity contribution in [2.24, 2.45) is 5.73 Å². The van der Waals surface area contributed by atoms with Crippen molar-refractivity contribution in [2.75, 3.05) is 6.54 Å². The molecule has 1 aromatic heterocycles. The molecule has 0 unspecified atom stereocenters. The molecule has 5 heteroatoms. The highest BCUT2D eigenvalue weighted by Crippen LogP contribution is 2.30. The van der Waals surface area contributed by atoms with Gasteiger partial charge in [0, 0.05) is 12.1 Å². The first-order valence-corrected chi connectivity index (χ1v) is 6.87. The van der Waals surface area contributed by atoms with Gasteiger partial charge in [-0.15, -0.1) is 0 Å². The number of hydrogen-bond donors (Lipinski definition) is 1. The van der Waals surface area contributed by atoms with Gasteiger partial charge in [0.1, 0.15) is 5.82 Å². The van der Waals surface area contributed by atoms with E-state index in [1.54, 1.807) is 19.1 Å². The zero-order valence-electron chi connectivity index (χ0n) is 12.1. The number of halogens is 1. The van der Waals surface area contributed by atoms with Crippen LogP contribution in [0.2, 0.25) is 0 Å². The Morgan fingerprint density at radius 3 is 2.55 bits per heavy atom. The van der Waals surface area contributed by atoms with Crippen LogP contribution >= 0.6 is 0 Å². The van der Waals surface area contributed by atoms with Crippen molar-refractivity contribution in [3.05, 3.63) is 35.5 Å². The van der Waals surface area contributed by atoms with Gasteiger partial charge in [-0.3, -0.25) is 0 Å². The van der Waals surface area contributed by atoms with Crippen molar-refractivity contribution < 1.29 is 8.91 Å². The van der Waals surface area contributed by atoms with E-state index in [0.717, 1.165) is 12.8 Å². The van der Waals surface area contributed by atoms with Gasteiger partial charge in [-0.2, -0.15) is 4.98 Å². The van der Waals surface area contributed by atoms with Crippen LogP contribution in [-0.4, -0.2) is 16.7 Å². The molecule has 0 aliphatic carbocycles. The first kappa shape index (κ1) is 14.7. The largest absolute Gasteiger partial charge is 0.338 e. The zero-order valence-corrected chi connectivity index (χ0v) is 12.1. The molecule has 20 heavy (non-hydrogen) atoms. The van der Waals surface area contributed by atoms with Gasteiger partial charge in [0.2, 0.25) is 11.7 Å². The average Bonchev–Trinajstić information content (AvgIpc) is 2.95.